The Balaban J connectivity index is 1.73. The van der Waals surface area contributed by atoms with Crippen molar-refractivity contribution in [1.82, 2.24) is 8.97 Å². The van der Waals surface area contributed by atoms with Gasteiger partial charge >= 0.3 is 0 Å². The van der Waals surface area contributed by atoms with E-state index in [-0.39, 0.29) is 5.56 Å². The third-order valence-electron chi connectivity index (χ3n) is 5.65. The summed E-state index contributed by atoms with van der Waals surface area (Å²) in [4.78, 5) is 12.8. The van der Waals surface area contributed by atoms with Gasteiger partial charge in [-0.2, -0.15) is 0 Å². The van der Waals surface area contributed by atoms with E-state index < -0.39 is 6.10 Å². The Morgan fingerprint density at radius 2 is 1.77 bits per heavy atom. The predicted molar refractivity (Wildman–Crippen MR) is 122 cm³/mol. The first-order chi connectivity index (χ1) is 14.4. The Morgan fingerprint density at radius 1 is 1.03 bits per heavy atom. The highest BCUT2D eigenvalue weighted by molar-refractivity contribution is 5.84. The van der Waals surface area contributed by atoms with Crippen molar-refractivity contribution in [2.45, 2.75) is 33.4 Å². The number of aromatic nitrogens is 2. The van der Waals surface area contributed by atoms with Crippen molar-refractivity contribution < 1.29 is 5.11 Å². The van der Waals surface area contributed by atoms with Crippen molar-refractivity contribution in [2.24, 2.45) is 0 Å². The molecule has 1 unspecified atom stereocenters. The van der Waals surface area contributed by atoms with E-state index in [9.17, 15) is 9.90 Å². The molecule has 2 N–H and O–H groups in total. The van der Waals surface area contributed by atoms with Crippen molar-refractivity contribution in [3.63, 3.8) is 0 Å². The van der Waals surface area contributed by atoms with Crippen LogP contribution in [0.5, 0.6) is 0 Å². The van der Waals surface area contributed by atoms with Crippen molar-refractivity contribution in [3.05, 3.63) is 81.1 Å². The normalized spacial score (nSPS) is 12.2. The molecular formula is C25H25N3O2. The number of nitrogens with zero attached hydrogens (tertiary/aromatic N) is 2. The second-order valence-corrected chi connectivity index (χ2v) is 7.78. The van der Waals surface area contributed by atoms with Gasteiger partial charge in [-0.1, -0.05) is 24.1 Å². The number of hydrogen-bond donors (Lipinski definition) is 2. The summed E-state index contributed by atoms with van der Waals surface area (Å²) in [5.74, 6) is 2.73. The number of hydrogen-bond acceptors (Lipinski definition) is 3. The van der Waals surface area contributed by atoms with E-state index in [1.165, 1.54) is 11.1 Å². The van der Waals surface area contributed by atoms with Gasteiger partial charge in [0.05, 0.1) is 29.2 Å². The summed E-state index contributed by atoms with van der Waals surface area (Å²) < 4.78 is 3.59. The first-order valence-corrected chi connectivity index (χ1v) is 10.00. The van der Waals surface area contributed by atoms with Gasteiger partial charge in [-0.15, -0.1) is 6.42 Å². The number of anilines is 1. The van der Waals surface area contributed by atoms with E-state index in [2.05, 4.69) is 37.2 Å². The Kier molecular flexibility index (Phi) is 5.11. The maximum absolute atomic E-state index is 12.8. The first-order valence-electron chi connectivity index (χ1n) is 10.00. The minimum Gasteiger partial charge on any atom is -0.389 e. The number of fused-ring (bicyclic) bond motifs is 3. The smallest absolute Gasteiger partial charge is 0.257 e. The second kappa shape index (κ2) is 7.74. The first kappa shape index (κ1) is 19.8. The van der Waals surface area contributed by atoms with Crippen LogP contribution in [0.2, 0.25) is 0 Å². The minimum atomic E-state index is -0.674. The molecule has 0 saturated carbocycles. The zero-order chi connectivity index (χ0) is 21.4. The fourth-order valence-electron chi connectivity index (χ4n) is 3.92. The van der Waals surface area contributed by atoms with Gasteiger partial charge in [-0.05, 0) is 61.7 Å². The summed E-state index contributed by atoms with van der Waals surface area (Å²) >= 11 is 0. The molecule has 0 amide bonds. The van der Waals surface area contributed by atoms with Gasteiger partial charge in [0.25, 0.3) is 5.56 Å². The molecule has 0 aliphatic rings. The molecule has 0 saturated heterocycles. The lowest BCUT2D eigenvalue weighted by atomic mass is 10.1. The number of rotatable bonds is 5. The number of aliphatic hydroxyl groups excluding tert-OH is 1. The Hall–Kier alpha value is -3.49. The molecule has 152 valence electrons. The van der Waals surface area contributed by atoms with Gasteiger partial charge < -0.3 is 15.0 Å². The van der Waals surface area contributed by atoms with Crippen LogP contribution >= 0.6 is 0 Å². The van der Waals surface area contributed by atoms with Crippen LogP contribution in [-0.2, 0) is 6.54 Å². The maximum atomic E-state index is 12.8. The number of nitrogens with one attached hydrogen (secondary N) is 1. The summed E-state index contributed by atoms with van der Waals surface area (Å²) in [5.41, 5.74) is 6.99. The van der Waals surface area contributed by atoms with Crippen LogP contribution in [0.25, 0.3) is 16.7 Å². The van der Waals surface area contributed by atoms with E-state index >= 15 is 0 Å². The standard InChI is InChI=1S/C25H25N3O2/c1-5-21-18(4)13-24(30)28-23-9-7-6-8-22(23)27(25(21)28)15-20(29)14-26-19-11-10-16(2)17(3)12-19/h1,6-13,20,26,29H,14-15H2,2-4H3. The quantitative estimate of drug-likeness (QED) is 0.504. The molecule has 5 nitrogen and oxygen atoms in total. The van der Waals surface area contributed by atoms with Crippen molar-refractivity contribution in [2.75, 3.05) is 11.9 Å². The number of pyridine rings is 1. The minimum absolute atomic E-state index is 0.126. The maximum Gasteiger partial charge on any atom is 0.257 e. The van der Waals surface area contributed by atoms with E-state index in [0.29, 0.717) is 24.3 Å². The van der Waals surface area contributed by atoms with Gasteiger partial charge in [0.2, 0.25) is 0 Å². The van der Waals surface area contributed by atoms with Gasteiger partial charge in [-0.25, -0.2) is 0 Å². The molecule has 0 spiro atoms. The number of para-hydroxylation sites is 2. The summed E-state index contributed by atoms with van der Waals surface area (Å²) in [6.07, 6.45) is 5.12. The van der Waals surface area contributed by atoms with E-state index in [0.717, 1.165) is 22.3 Å². The molecule has 5 heteroatoms. The monoisotopic (exact) mass is 399 g/mol. The van der Waals surface area contributed by atoms with E-state index in [1.54, 1.807) is 10.5 Å². The van der Waals surface area contributed by atoms with E-state index in [4.69, 9.17) is 6.42 Å². The Morgan fingerprint density at radius 3 is 2.47 bits per heavy atom. The van der Waals surface area contributed by atoms with Crippen LogP contribution in [-0.4, -0.2) is 26.7 Å². The molecule has 30 heavy (non-hydrogen) atoms. The highest BCUT2D eigenvalue weighted by Gasteiger charge is 2.18. The third kappa shape index (κ3) is 3.36. The molecular weight excluding hydrogens is 374 g/mol. The zero-order valence-corrected chi connectivity index (χ0v) is 17.4. The van der Waals surface area contributed by atoms with Crippen molar-refractivity contribution in [3.8, 4) is 12.3 Å². The third-order valence-corrected chi connectivity index (χ3v) is 5.65. The predicted octanol–water partition coefficient (Wildman–Crippen LogP) is 3.63. The largest absolute Gasteiger partial charge is 0.389 e. The van der Waals surface area contributed by atoms with Crippen LogP contribution in [0.15, 0.2) is 53.3 Å². The van der Waals surface area contributed by atoms with Gasteiger partial charge in [0.1, 0.15) is 5.65 Å². The molecule has 0 radical (unpaired) electrons. The average molecular weight is 399 g/mol. The molecule has 0 bridgehead atoms. The molecule has 1 atom stereocenters. The van der Waals surface area contributed by atoms with Gasteiger partial charge in [0, 0.05) is 18.3 Å². The topological polar surface area (TPSA) is 58.7 Å². The summed E-state index contributed by atoms with van der Waals surface area (Å²) in [5, 5.41) is 14.1. The molecule has 4 rings (SSSR count). The fraction of sp³-hybridized carbons (Fsp3) is 0.240. The van der Waals surface area contributed by atoms with Gasteiger partial charge in [-0.3, -0.25) is 9.20 Å². The van der Waals surface area contributed by atoms with E-state index in [1.807, 2.05) is 41.8 Å². The summed E-state index contributed by atoms with van der Waals surface area (Å²) in [7, 11) is 0. The number of imidazole rings is 1. The van der Waals surface area contributed by atoms with Gasteiger partial charge in [0.15, 0.2) is 0 Å². The summed E-state index contributed by atoms with van der Waals surface area (Å²) in [6.45, 7) is 6.67. The average Bonchev–Trinajstić information content (AvgIpc) is 3.04. The Labute approximate surface area is 175 Å². The van der Waals surface area contributed by atoms with Crippen LogP contribution in [0.4, 0.5) is 5.69 Å². The highest BCUT2D eigenvalue weighted by atomic mass is 16.3. The number of aliphatic hydroxyl groups is 1. The Bertz CT molecular complexity index is 1360. The SMILES string of the molecule is C#Cc1c(C)cc(=O)n2c3ccccc3n(CC(O)CNc3ccc(C)c(C)c3)c12. The lowest BCUT2D eigenvalue weighted by Gasteiger charge is -2.16. The van der Waals surface area contributed by atoms with Crippen LogP contribution in [0.1, 0.15) is 22.3 Å². The molecule has 0 aliphatic carbocycles. The molecule has 0 aliphatic heterocycles. The van der Waals surface area contributed by atoms with Crippen LogP contribution in [0.3, 0.4) is 0 Å². The molecule has 0 fully saturated rings. The second-order valence-electron chi connectivity index (χ2n) is 7.78. The molecule has 4 aromatic rings. The van der Waals surface area contributed by atoms with Crippen LogP contribution in [0, 0.1) is 33.1 Å². The molecule has 2 aromatic heterocycles. The van der Waals surface area contributed by atoms with Crippen molar-refractivity contribution >= 4 is 22.4 Å². The van der Waals surface area contributed by atoms with Crippen molar-refractivity contribution in [1.29, 1.82) is 0 Å². The fourth-order valence-corrected chi connectivity index (χ4v) is 3.92. The highest BCUT2D eigenvalue weighted by Crippen LogP contribution is 2.24. The lowest BCUT2D eigenvalue weighted by molar-refractivity contribution is 0.169. The zero-order valence-electron chi connectivity index (χ0n) is 17.4. The molecule has 2 aromatic carbocycles. The molecule has 2 heterocycles. The lowest BCUT2D eigenvalue weighted by Crippen LogP contribution is -2.25. The number of terminal acetylenes is 1. The summed E-state index contributed by atoms with van der Waals surface area (Å²) in [6, 6.07) is 15.4. The number of benzene rings is 2. The number of aryl methyl sites for hydroxylation is 3. The van der Waals surface area contributed by atoms with Crippen LogP contribution < -0.4 is 10.9 Å².